The fraction of sp³-hybridized carbons (Fsp3) is 0.500. The zero-order valence-corrected chi connectivity index (χ0v) is 14.7. The van der Waals surface area contributed by atoms with Crippen LogP contribution in [0.25, 0.3) is 0 Å². The number of halogens is 2. The van der Waals surface area contributed by atoms with Gasteiger partial charge in [-0.2, -0.15) is 0 Å². The van der Waals surface area contributed by atoms with Crippen LogP contribution in [0, 0.1) is 5.92 Å². The van der Waals surface area contributed by atoms with Gasteiger partial charge in [0.25, 0.3) is 0 Å². The monoisotopic (exact) mass is 406 g/mol. The van der Waals surface area contributed by atoms with Crippen LogP contribution in [0.4, 0.5) is 0 Å². The Morgan fingerprint density at radius 2 is 1.85 bits per heavy atom. The van der Waals surface area contributed by atoms with Crippen molar-refractivity contribution in [2.45, 2.75) is 31.7 Å². The van der Waals surface area contributed by atoms with Gasteiger partial charge in [0, 0.05) is 10.0 Å². The third-order valence-electron chi connectivity index (χ3n) is 2.93. The average Bonchev–Trinajstić information content (AvgIpc) is 2.81. The molecule has 2 atom stereocenters. The van der Waals surface area contributed by atoms with Crippen molar-refractivity contribution in [1.29, 1.82) is 0 Å². The van der Waals surface area contributed by atoms with Gasteiger partial charge in [0.05, 0.1) is 10.7 Å². The second-order valence-corrected chi connectivity index (χ2v) is 7.22. The van der Waals surface area contributed by atoms with E-state index in [9.17, 15) is 4.79 Å². The fourth-order valence-electron chi connectivity index (χ4n) is 1.82. The number of esters is 1. The van der Waals surface area contributed by atoms with Gasteiger partial charge >= 0.3 is 5.97 Å². The van der Waals surface area contributed by atoms with Gasteiger partial charge in [0.2, 0.25) is 6.79 Å². The van der Waals surface area contributed by atoms with Crippen LogP contribution in [-0.2, 0) is 9.53 Å². The van der Waals surface area contributed by atoms with Crippen molar-refractivity contribution < 1.29 is 19.0 Å². The average molecular weight is 408 g/mol. The summed E-state index contributed by atoms with van der Waals surface area (Å²) in [5.74, 6) is 0.959. The zero-order chi connectivity index (χ0) is 14.9. The van der Waals surface area contributed by atoms with Gasteiger partial charge in [-0.1, -0.05) is 45.7 Å². The molecule has 1 aliphatic rings. The third-order valence-corrected chi connectivity index (χ3v) is 4.10. The molecule has 2 unspecified atom stereocenters. The molecular formula is C14H16Br2O4. The van der Waals surface area contributed by atoms with E-state index in [1.165, 1.54) is 0 Å². The van der Waals surface area contributed by atoms with Crippen molar-refractivity contribution >= 4 is 37.8 Å². The van der Waals surface area contributed by atoms with Gasteiger partial charge in [-0.25, -0.2) is 0 Å². The van der Waals surface area contributed by atoms with Gasteiger partial charge in [0.1, 0.15) is 6.10 Å². The summed E-state index contributed by atoms with van der Waals surface area (Å²) in [5.41, 5.74) is 0.854. The Kier molecular flexibility index (Phi) is 4.96. The topological polar surface area (TPSA) is 44.8 Å². The predicted octanol–water partition coefficient (Wildman–Crippen LogP) is 4.20. The van der Waals surface area contributed by atoms with Crippen LogP contribution in [0.5, 0.6) is 11.5 Å². The Hall–Kier alpha value is -0.750. The number of carbonyl (C=O) groups excluding carboxylic acids is 1. The fourth-order valence-corrected chi connectivity index (χ4v) is 2.76. The number of hydrogen-bond donors (Lipinski definition) is 0. The second kappa shape index (κ2) is 6.35. The molecule has 0 N–H and O–H groups in total. The predicted molar refractivity (Wildman–Crippen MR) is 82.3 cm³/mol. The molecule has 0 spiro atoms. The van der Waals surface area contributed by atoms with Crippen LogP contribution in [0.3, 0.4) is 0 Å². The standard InChI is InChI=1S/C14H16Br2O4/c1-7(2)14(17)20-13(8(3)15)9-4-11-12(5-10(9)16)19-6-18-11/h4-5,7-8,13H,6H2,1-3H3. The van der Waals surface area contributed by atoms with Crippen molar-refractivity contribution in [3.05, 3.63) is 22.2 Å². The van der Waals surface area contributed by atoms with Crippen molar-refractivity contribution in [1.82, 2.24) is 0 Å². The number of ether oxygens (including phenoxy) is 3. The first-order valence-electron chi connectivity index (χ1n) is 6.33. The minimum atomic E-state index is -0.395. The van der Waals surface area contributed by atoms with Crippen molar-refractivity contribution in [2.24, 2.45) is 5.92 Å². The quantitative estimate of drug-likeness (QED) is 0.554. The van der Waals surface area contributed by atoms with E-state index in [0.29, 0.717) is 11.5 Å². The Labute approximate surface area is 135 Å². The summed E-state index contributed by atoms with van der Waals surface area (Å²) in [4.78, 5) is 11.8. The molecule has 0 radical (unpaired) electrons. The Bertz CT molecular complexity index is 514. The number of rotatable bonds is 4. The lowest BCUT2D eigenvalue weighted by Gasteiger charge is -2.23. The second-order valence-electron chi connectivity index (χ2n) is 4.92. The normalized spacial score (nSPS) is 16.1. The van der Waals surface area contributed by atoms with Crippen molar-refractivity contribution in [3.63, 3.8) is 0 Å². The van der Waals surface area contributed by atoms with Gasteiger partial charge in [-0.15, -0.1) is 0 Å². The maximum Gasteiger partial charge on any atom is 0.309 e. The van der Waals surface area contributed by atoms with E-state index in [1.54, 1.807) is 0 Å². The van der Waals surface area contributed by atoms with E-state index in [0.717, 1.165) is 10.0 Å². The van der Waals surface area contributed by atoms with Crippen LogP contribution in [0.2, 0.25) is 0 Å². The lowest BCUT2D eigenvalue weighted by Crippen LogP contribution is -2.21. The van der Waals surface area contributed by atoms with Gasteiger partial charge < -0.3 is 14.2 Å². The van der Waals surface area contributed by atoms with E-state index >= 15 is 0 Å². The number of hydrogen-bond acceptors (Lipinski definition) is 4. The SMILES string of the molecule is CC(C)C(=O)OC(c1cc2c(cc1Br)OCO2)C(C)Br. The molecule has 6 heteroatoms. The highest BCUT2D eigenvalue weighted by atomic mass is 79.9. The molecule has 1 aromatic rings. The van der Waals surface area contributed by atoms with Crippen LogP contribution in [0.15, 0.2) is 16.6 Å². The molecule has 2 rings (SSSR count). The highest BCUT2D eigenvalue weighted by Crippen LogP contribution is 2.41. The molecule has 0 aromatic heterocycles. The van der Waals surface area contributed by atoms with Crippen molar-refractivity contribution in [3.8, 4) is 11.5 Å². The maximum atomic E-state index is 11.9. The van der Waals surface area contributed by atoms with Gasteiger partial charge in [-0.05, 0) is 19.1 Å². The maximum absolute atomic E-state index is 11.9. The van der Waals surface area contributed by atoms with E-state index in [-0.39, 0.29) is 23.5 Å². The Morgan fingerprint density at radius 3 is 2.40 bits per heavy atom. The number of carbonyl (C=O) groups is 1. The third kappa shape index (κ3) is 3.28. The van der Waals surface area contributed by atoms with Crippen molar-refractivity contribution in [2.75, 3.05) is 6.79 Å². The Morgan fingerprint density at radius 1 is 1.25 bits per heavy atom. The molecule has 0 saturated heterocycles. The molecule has 1 aliphatic heterocycles. The number of benzene rings is 1. The summed E-state index contributed by atoms with van der Waals surface area (Å²) in [6.07, 6.45) is -0.395. The zero-order valence-electron chi connectivity index (χ0n) is 11.5. The summed E-state index contributed by atoms with van der Waals surface area (Å²) >= 11 is 7.00. The largest absolute Gasteiger partial charge is 0.456 e. The number of fused-ring (bicyclic) bond motifs is 1. The van der Waals surface area contributed by atoms with E-state index in [4.69, 9.17) is 14.2 Å². The molecule has 4 nitrogen and oxygen atoms in total. The molecular weight excluding hydrogens is 392 g/mol. The first kappa shape index (κ1) is 15.6. The van der Waals surface area contributed by atoms with E-state index in [1.807, 2.05) is 32.9 Å². The van der Waals surface area contributed by atoms with Gasteiger partial charge in [0.15, 0.2) is 11.5 Å². The lowest BCUT2D eigenvalue weighted by molar-refractivity contribution is -0.153. The molecule has 0 bridgehead atoms. The minimum Gasteiger partial charge on any atom is -0.456 e. The Balaban J connectivity index is 2.32. The molecule has 0 saturated carbocycles. The minimum absolute atomic E-state index is 0.0260. The molecule has 1 aromatic carbocycles. The lowest BCUT2D eigenvalue weighted by atomic mass is 10.1. The summed E-state index contributed by atoms with van der Waals surface area (Å²) < 4.78 is 17.1. The molecule has 0 amide bonds. The number of alkyl halides is 1. The van der Waals surface area contributed by atoms with Gasteiger partial charge in [-0.3, -0.25) is 4.79 Å². The van der Waals surface area contributed by atoms with E-state index in [2.05, 4.69) is 31.9 Å². The first-order chi connectivity index (χ1) is 9.40. The summed E-state index contributed by atoms with van der Waals surface area (Å²) in [6, 6.07) is 3.69. The van der Waals surface area contributed by atoms with Crippen LogP contribution < -0.4 is 9.47 Å². The molecule has 20 heavy (non-hydrogen) atoms. The van der Waals surface area contributed by atoms with Crippen LogP contribution in [-0.4, -0.2) is 17.6 Å². The van der Waals surface area contributed by atoms with E-state index < -0.39 is 6.10 Å². The first-order valence-corrected chi connectivity index (χ1v) is 8.04. The molecule has 1 heterocycles. The highest BCUT2D eigenvalue weighted by molar-refractivity contribution is 9.10. The molecule has 0 fully saturated rings. The van der Waals surface area contributed by atoms with Crippen LogP contribution >= 0.6 is 31.9 Å². The van der Waals surface area contributed by atoms with Crippen LogP contribution in [0.1, 0.15) is 32.4 Å². The summed E-state index contributed by atoms with van der Waals surface area (Å²) in [7, 11) is 0. The summed E-state index contributed by atoms with van der Waals surface area (Å²) in [5, 5.41) is 0. The molecule has 110 valence electrons. The smallest absolute Gasteiger partial charge is 0.309 e. The summed E-state index contributed by atoms with van der Waals surface area (Å²) in [6.45, 7) is 5.78. The molecule has 0 aliphatic carbocycles. The highest BCUT2D eigenvalue weighted by Gasteiger charge is 2.28.